The molecule has 1 aliphatic heterocycles. The van der Waals surface area contributed by atoms with Gasteiger partial charge in [0.05, 0.1) is 5.92 Å². The third kappa shape index (κ3) is 2.90. The van der Waals surface area contributed by atoms with E-state index in [4.69, 9.17) is 0 Å². The summed E-state index contributed by atoms with van der Waals surface area (Å²) in [5.74, 6) is -0.490. The van der Waals surface area contributed by atoms with Gasteiger partial charge in [-0.15, -0.1) is 0 Å². The standard InChI is InChI=1S/C12H20F3N/c13-12(14,15)10-6-7-11(16-8-10)9-4-2-1-3-5-9/h9-11,16H,1-8H2. The zero-order chi connectivity index (χ0) is 11.6. The van der Waals surface area contributed by atoms with E-state index in [1.54, 1.807) is 0 Å². The van der Waals surface area contributed by atoms with Gasteiger partial charge in [0.2, 0.25) is 0 Å². The van der Waals surface area contributed by atoms with Crippen LogP contribution in [-0.4, -0.2) is 18.8 Å². The molecule has 0 bridgehead atoms. The molecule has 1 heterocycles. The number of nitrogens with one attached hydrogen (secondary N) is 1. The number of alkyl halides is 3. The van der Waals surface area contributed by atoms with E-state index in [0.29, 0.717) is 24.8 Å². The lowest BCUT2D eigenvalue weighted by atomic mass is 9.79. The van der Waals surface area contributed by atoms with E-state index in [1.165, 1.54) is 32.1 Å². The van der Waals surface area contributed by atoms with Crippen LogP contribution in [-0.2, 0) is 0 Å². The molecule has 0 radical (unpaired) electrons. The fraction of sp³-hybridized carbons (Fsp3) is 1.00. The molecule has 0 aromatic heterocycles. The number of piperidine rings is 1. The van der Waals surface area contributed by atoms with Crippen molar-refractivity contribution < 1.29 is 13.2 Å². The summed E-state index contributed by atoms with van der Waals surface area (Å²) in [6, 6.07) is 0.346. The molecule has 4 heteroatoms. The van der Waals surface area contributed by atoms with Crippen LogP contribution in [0.15, 0.2) is 0 Å². The minimum Gasteiger partial charge on any atom is -0.313 e. The van der Waals surface area contributed by atoms with E-state index in [2.05, 4.69) is 5.32 Å². The fourth-order valence-electron chi connectivity index (χ4n) is 3.10. The number of rotatable bonds is 1. The van der Waals surface area contributed by atoms with Gasteiger partial charge in [0.25, 0.3) is 0 Å². The van der Waals surface area contributed by atoms with Crippen molar-refractivity contribution in [2.24, 2.45) is 11.8 Å². The summed E-state index contributed by atoms with van der Waals surface area (Å²) in [5.41, 5.74) is 0. The lowest BCUT2D eigenvalue weighted by Crippen LogP contribution is -2.47. The van der Waals surface area contributed by atoms with E-state index < -0.39 is 12.1 Å². The van der Waals surface area contributed by atoms with E-state index in [1.807, 2.05) is 0 Å². The van der Waals surface area contributed by atoms with Crippen molar-refractivity contribution in [2.45, 2.75) is 57.2 Å². The van der Waals surface area contributed by atoms with Gasteiger partial charge < -0.3 is 5.32 Å². The number of halogens is 3. The molecule has 94 valence electrons. The average molecular weight is 235 g/mol. The minimum atomic E-state index is -4.01. The summed E-state index contributed by atoms with van der Waals surface area (Å²) < 4.78 is 37.4. The first-order chi connectivity index (χ1) is 7.57. The van der Waals surface area contributed by atoms with Gasteiger partial charge in [-0.25, -0.2) is 0 Å². The molecular weight excluding hydrogens is 215 g/mol. The molecule has 0 aromatic carbocycles. The quantitative estimate of drug-likeness (QED) is 0.733. The zero-order valence-electron chi connectivity index (χ0n) is 9.52. The van der Waals surface area contributed by atoms with Gasteiger partial charge in [0.15, 0.2) is 0 Å². The van der Waals surface area contributed by atoms with Crippen LogP contribution in [0.4, 0.5) is 13.2 Å². The topological polar surface area (TPSA) is 12.0 Å². The molecule has 1 saturated carbocycles. The van der Waals surface area contributed by atoms with Gasteiger partial charge in [-0.1, -0.05) is 19.3 Å². The van der Waals surface area contributed by atoms with E-state index in [-0.39, 0.29) is 6.54 Å². The number of hydrogen-bond acceptors (Lipinski definition) is 1. The highest BCUT2D eigenvalue weighted by Gasteiger charge is 2.42. The van der Waals surface area contributed by atoms with Gasteiger partial charge in [-0.05, 0) is 31.6 Å². The second-order valence-electron chi connectivity index (χ2n) is 5.23. The summed E-state index contributed by atoms with van der Waals surface area (Å²) in [6.45, 7) is 0.130. The first kappa shape index (κ1) is 12.2. The molecule has 0 aromatic rings. The Bertz CT molecular complexity index is 213. The number of hydrogen-bond donors (Lipinski definition) is 1. The van der Waals surface area contributed by atoms with Crippen LogP contribution in [0.1, 0.15) is 44.9 Å². The second-order valence-corrected chi connectivity index (χ2v) is 5.23. The third-order valence-corrected chi connectivity index (χ3v) is 4.13. The van der Waals surface area contributed by atoms with Crippen LogP contribution in [0.3, 0.4) is 0 Å². The van der Waals surface area contributed by atoms with Crippen molar-refractivity contribution in [3.63, 3.8) is 0 Å². The van der Waals surface area contributed by atoms with Crippen molar-refractivity contribution in [2.75, 3.05) is 6.54 Å². The maximum absolute atomic E-state index is 12.5. The molecule has 1 N–H and O–H groups in total. The molecule has 1 saturated heterocycles. The molecule has 0 spiro atoms. The third-order valence-electron chi connectivity index (χ3n) is 4.13. The normalized spacial score (nSPS) is 33.9. The van der Waals surface area contributed by atoms with Crippen LogP contribution < -0.4 is 5.32 Å². The van der Waals surface area contributed by atoms with Crippen LogP contribution in [0.2, 0.25) is 0 Å². The Balaban J connectivity index is 1.80. The predicted octanol–water partition coefficient (Wildman–Crippen LogP) is 3.50. The Hall–Kier alpha value is -0.250. The van der Waals surface area contributed by atoms with E-state index in [9.17, 15) is 13.2 Å². The molecule has 1 nitrogen and oxygen atoms in total. The van der Waals surface area contributed by atoms with Crippen molar-refractivity contribution in [1.29, 1.82) is 0 Å². The molecule has 16 heavy (non-hydrogen) atoms. The molecule has 2 atom stereocenters. The Morgan fingerprint density at radius 2 is 1.56 bits per heavy atom. The smallest absolute Gasteiger partial charge is 0.313 e. The minimum absolute atomic E-state index is 0.130. The van der Waals surface area contributed by atoms with Crippen LogP contribution in [0.5, 0.6) is 0 Å². The van der Waals surface area contributed by atoms with Gasteiger partial charge >= 0.3 is 6.18 Å². The zero-order valence-corrected chi connectivity index (χ0v) is 9.52. The molecule has 2 rings (SSSR count). The first-order valence-electron chi connectivity index (χ1n) is 6.37. The highest BCUT2D eigenvalue weighted by molar-refractivity contribution is 4.86. The summed E-state index contributed by atoms with van der Waals surface area (Å²) >= 11 is 0. The highest BCUT2D eigenvalue weighted by atomic mass is 19.4. The monoisotopic (exact) mass is 235 g/mol. The molecule has 2 unspecified atom stereocenters. The SMILES string of the molecule is FC(F)(F)C1CCC(C2CCCCC2)NC1. The van der Waals surface area contributed by atoms with Crippen molar-refractivity contribution >= 4 is 0 Å². The average Bonchev–Trinajstić information content (AvgIpc) is 2.29. The van der Waals surface area contributed by atoms with Gasteiger partial charge in [0.1, 0.15) is 0 Å². The first-order valence-corrected chi connectivity index (χ1v) is 6.37. The second kappa shape index (κ2) is 4.94. The van der Waals surface area contributed by atoms with Gasteiger partial charge in [-0.2, -0.15) is 13.2 Å². The Morgan fingerprint density at radius 3 is 2.06 bits per heavy atom. The summed E-state index contributed by atoms with van der Waals surface area (Å²) in [7, 11) is 0. The van der Waals surface area contributed by atoms with Gasteiger partial charge in [-0.3, -0.25) is 0 Å². The maximum atomic E-state index is 12.5. The summed E-state index contributed by atoms with van der Waals surface area (Å²) in [4.78, 5) is 0. The van der Waals surface area contributed by atoms with Crippen molar-refractivity contribution in [1.82, 2.24) is 5.32 Å². The van der Waals surface area contributed by atoms with Crippen LogP contribution in [0, 0.1) is 11.8 Å². The summed E-state index contributed by atoms with van der Waals surface area (Å²) in [6.07, 6.45) is 3.23. The highest BCUT2D eigenvalue weighted by Crippen LogP contribution is 2.36. The molecule has 1 aliphatic carbocycles. The Morgan fingerprint density at radius 1 is 0.875 bits per heavy atom. The lowest BCUT2D eigenvalue weighted by molar-refractivity contribution is -0.180. The van der Waals surface area contributed by atoms with Crippen molar-refractivity contribution in [3.8, 4) is 0 Å². The fourth-order valence-corrected chi connectivity index (χ4v) is 3.10. The molecular formula is C12H20F3N. The van der Waals surface area contributed by atoms with E-state index >= 15 is 0 Å². The lowest BCUT2D eigenvalue weighted by Gasteiger charge is -2.37. The Kier molecular flexibility index (Phi) is 3.77. The predicted molar refractivity (Wildman–Crippen MR) is 57.1 cm³/mol. The van der Waals surface area contributed by atoms with Crippen molar-refractivity contribution in [3.05, 3.63) is 0 Å². The molecule has 2 aliphatic rings. The molecule has 2 fully saturated rings. The summed E-state index contributed by atoms with van der Waals surface area (Å²) in [5, 5.41) is 3.13. The Labute approximate surface area is 94.8 Å². The van der Waals surface area contributed by atoms with Crippen LogP contribution >= 0.6 is 0 Å². The van der Waals surface area contributed by atoms with Crippen LogP contribution in [0.25, 0.3) is 0 Å². The van der Waals surface area contributed by atoms with Gasteiger partial charge in [0, 0.05) is 12.6 Å². The maximum Gasteiger partial charge on any atom is 0.393 e. The largest absolute Gasteiger partial charge is 0.393 e. The molecule has 0 amide bonds. The van der Waals surface area contributed by atoms with E-state index in [0.717, 1.165) is 0 Å².